The fourth-order valence-corrected chi connectivity index (χ4v) is 6.46. The Hall–Kier alpha value is -0.600. The van der Waals surface area contributed by atoms with Crippen LogP contribution in [0.2, 0.25) is 0 Å². The van der Waals surface area contributed by atoms with Gasteiger partial charge in [0, 0.05) is 9.75 Å². The van der Waals surface area contributed by atoms with Crippen LogP contribution in [0.15, 0.2) is 22.9 Å². The lowest BCUT2D eigenvalue weighted by molar-refractivity contribution is 0.571. The van der Waals surface area contributed by atoms with Gasteiger partial charge in [0.15, 0.2) is 0 Å². The summed E-state index contributed by atoms with van der Waals surface area (Å²) in [6.07, 6.45) is 25.2. The predicted octanol–water partition coefficient (Wildman–Crippen LogP) is 10.8. The molecule has 0 fully saturated rings. The SMILES string of the molecule is CCCCCCCCCCc1csc(-c2cccs2)c1CCCCCCCCCC. The van der Waals surface area contributed by atoms with Crippen LogP contribution >= 0.6 is 22.7 Å². The zero-order chi connectivity index (χ0) is 21.3. The first-order valence-corrected chi connectivity index (χ1v) is 14.8. The number of hydrogen-bond donors (Lipinski definition) is 0. The monoisotopic (exact) mass is 446 g/mol. The van der Waals surface area contributed by atoms with Gasteiger partial charge in [-0.3, -0.25) is 0 Å². The van der Waals surface area contributed by atoms with Crippen molar-refractivity contribution in [3.8, 4) is 9.75 Å². The Kier molecular flexibility index (Phi) is 14.6. The molecule has 2 rings (SSSR count). The number of rotatable bonds is 19. The summed E-state index contributed by atoms with van der Waals surface area (Å²) in [5, 5.41) is 4.71. The van der Waals surface area contributed by atoms with E-state index in [1.165, 1.54) is 120 Å². The van der Waals surface area contributed by atoms with Crippen LogP contribution in [0.3, 0.4) is 0 Å². The van der Waals surface area contributed by atoms with E-state index in [4.69, 9.17) is 0 Å². The summed E-state index contributed by atoms with van der Waals surface area (Å²) >= 11 is 3.91. The van der Waals surface area contributed by atoms with E-state index < -0.39 is 0 Å². The molecule has 2 aromatic heterocycles. The van der Waals surface area contributed by atoms with Crippen molar-refractivity contribution >= 4 is 22.7 Å². The average molecular weight is 447 g/mol. The van der Waals surface area contributed by atoms with Crippen molar-refractivity contribution in [2.75, 3.05) is 0 Å². The molecule has 0 aliphatic carbocycles. The molecule has 0 aliphatic rings. The fourth-order valence-electron chi connectivity index (χ4n) is 4.40. The predicted molar refractivity (Wildman–Crippen MR) is 140 cm³/mol. The lowest BCUT2D eigenvalue weighted by Crippen LogP contribution is -1.94. The van der Waals surface area contributed by atoms with Gasteiger partial charge in [0.2, 0.25) is 0 Å². The summed E-state index contributed by atoms with van der Waals surface area (Å²) in [6.45, 7) is 4.60. The molecule has 0 radical (unpaired) electrons. The van der Waals surface area contributed by atoms with Crippen LogP contribution in [-0.4, -0.2) is 0 Å². The lowest BCUT2D eigenvalue weighted by atomic mass is 9.97. The molecule has 0 spiro atoms. The molecule has 0 aliphatic heterocycles. The molecule has 0 saturated heterocycles. The van der Waals surface area contributed by atoms with Crippen LogP contribution in [0.5, 0.6) is 0 Å². The van der Waals surface area contributed by atoms with E-state index in [0.29, 0.717) is 0 Å². The van der Waals surface area contributed by atoms with Crippen molar-refractivity contribution in [1.29, 1.82) is 0 Å². The van der Waals surface area contributed by atoms with Gasteiger partial charge in [0.05, 0.1) is 0 Å². The molecule has 0 atom stereocenters. The Morgan fingerprint density at radius 1 is 0.600 bits per heavy atom. The summed E-state index contributed by atoms with van der Waals surface area (Å²) in [5.41, 5.74) is 3.36. The third-order valence-corrected chi connectivity index (χ3v) is 8.43. The minimum atomic E-state index is 1.29. The average Bonchev–Trinajstić information content (AvgIpc) is 3.42. The third kappa shape index (κ3) is 10.1. The van der Waals surface area contributed by atoms with Gasteiger partial charge in [0.1, 0.15) is 0 Å². The molecule has 0 nitrogen and oxygen atoms in total. The molecular formula is C28H46S2. The molecule has 170 valence electrons. The molecule has 0 N–H and O–H groups in total. The summed E-state index contributed by atoms with van der Waals surface area (Å²) in [7, 11) is 0. The Bertz CT molecular complexity index is 623. The third-order valence-electron chi connectivity index (χ3n) is 6.31. The highest BCUT2D eigenvalue weighted by atomic mass is 32.1. The second-order valence-electron chi connectivity index (χ2n) is 9.00. The smallest absolute Gasteiger partial charge is 0.0477 e. The normalized spacial score (nSPS) is 11.4. The van der Waals surface area contributed by atoms with Gasteiger partial charge in [-0.1, -0.05) is 110 Å². The van der Waals surface area contributed by atoms with Crippen LogP contribution in [0.4, 0.5) is 0 Å². The number of hydrogen-bond acceptors (Lipinski definition) is 2. The first kappa shape index (κ1) is 25.7. The molecule has 0 bridgehead atoms. The van der Waals surface area contributed by atoms with Gasteiger partial charge in [-0.05, 0) is 53.6 Å². The zero-order valence-corrected chi connectivity index (χ0v) is 21.5. The number of aryl methyl sites for hydroxylation is 1. The van der Waals surface area contributed by atoms with Gasteiger partial charge in [-0.2, -0.15) is 0 Å². The van der Waals surface area contributed by atoms with Crippen LogP contribution in [0, 0.1) is 0 Å². The number of unbranched alkanes of at least 4 members (excludes halogenated alkanes) is 14. The van der Waals surface area contributed by atoms with Crippen molar-refractivity contribution in [2.45, 2.75) is 129 Å². The maximum atomic E-state index is 2.48. The van der Waals surface area contributed by atoms with Gasteiger partial charge in [0.25, 0.3) is 0 Å². The highest BCUT2D eigenvalue weighted by molar-refractivity contribution is 7.20. The first-order valence-electron chi connectivity index (χ1n) is 13.0. The fraction of sp³-hybridized carbons (Fsp3) is 0.714. The molecule has 2 aromatic rings. The van der Waals surface area contributed by atoms with Crippen LogP contribution in [0.25, 0.3) is 9.75 Å². The van der Waals surface area contributed by atoms with Gasteiger partial charge in [-0.15, -0.1) is 22.7 Å². The van der Waals surface area contributed by atoms with Crippen LogP contribution in [0.1, 0.15) is 128 Å². The van der Waals surface area contributed by atoms with Crippen molar-refractivity contribution in [3.63, 3.8) is 0 Å². The summed E-state index contributed by atoms with van der Waals surface area (Å²) in [6, 6.07) is 4.52. The molecule has 0 aromatic carbocycles. The topological polar surface area (TPSA) is 0 Å². The van der Waals surface area contributed by atoms with Crippen molar-refractivity contribution < 1.29 is 0 Å². The molecule has 0 amide bonds. The van der Waals surface area contributed by atoms with Gasteiger partial charge >= 0.3 is 0 Å². The maximum absolute atomic E-state index is 2.48. The zero-order valence-electron chi connectivity index (χ0n) is 19.9. The van der Waals surface area contributed by atoms with Crippen LogP contribution in [-0.2, 0) is 12.8 Å². The molecule has 0 unspecified atom stereocenters. The summed E-state index contributed by atoms with van der Waals surface area (Å²) < 4.78 is 0. The Balaban J connectivity index is 1.75. The minimum absolute atomic E-state index is 1.29. The van der Waals surface area contributed by atoms with Crippen LogP contribution < -0.4 is 0 Å². The van der Waals surface area contributed by atoms with Crippen molar-refractivity contribution in [2.24, 2.45) is 0 Å². The Morgan fingerprint density at radius 3 is 1.67 bits per heavy atom. The second kappa shape index (κ2) is 17.0. The van der Waals surface area contributed by atoms with E-state index in [0.717, 1.165) is 0 Å². The van der Waals surface area contributed by atoms with E-state index in [-0.39, 0.29) is 0 Å². The Labute approximate surface area is 195 Å². The first-order chi connectivity index (χ1) is 14.9. The number of thiophene rings is 2. The highest BCUT2D eigenvalue weighted by Gasteiger charge is 2.13. The van der Waals surface area contributed by atoms with E-state index in [1.54, 1.807) is 16.0 Å². The quantitative estimate of drug-likeness (QED) is 0.188. The lowest BCUT2D eigenvalue weighted by Gasteiger charge is -2.08. The van der Waals surface area contributed by atoms with E-state index >= 15 is 0 Å². The largest absolute Gasteiger partial charge is 0.143 e. The minimum Gasteiger partial charge on any atom is -0.143 e. The van der Waals surface area contributed by atoms with Crippen molar-refractivity contribution in [1.82, 2.24) is 0 Å². The second-order valence-corrected chi connectivity index (χ2v) is 10.8. The summed E-state index contributed by atoms with van der Waals surface area (Å²) in [4.78, 5) is 3.05. The molecular weight excluding hydrogens is 400 g/mol. The Morgan fingerprint density at radius 2 is 1.13 bits per heavy atom. The molecule has 2 heterocycles. The molecule has 30 heavy (non-hydrogen) atoms. The van der Waals surface area contributed by atoms with E-state index in [1.807, 2.05) is 22.7 Å². The standard InChI is InChI=1S/C28H46S2/c1-3-5-7-9-11-13-15-17-20-25-24-30-28(27-22-19-23-29-27)26(25)21-18-16-14-12-10-8-6-4-2/h19,22-24H,3-18,20-21H2,1-2H3. The maximum Gasteiger partial charge on any atom is 0.0477 e. The van der Waals surface area contributed by atoms with Gasteiger partial charge < -0.3 is 0 Å². The molecule has 2 heteroatoms. The van der Waals surface area contributed by atoms with Gasteiger partial charge in [-0.25, -0.2) is 0 Å². The van der Waals surface area contributed by atoms with E-state index in [9.17, 15) is 0 Å². The highest BCUT2D eigenvalue weighted by Crippen LogP contribution is 2.37. The van der Waals surface area contributed by atoms with E-state index in [2.05, 4.69) is 36.7 Å². The van der Waals surface area contributed by atoms with Crippen molar-refractivity contribution in [3.05, 3.63) is 34.0 Å². The molecule has 0 saturated carbocycles. The summed E-state index contributed by atoms with van der Waals surface area (Å²) in [5.74, 6) is 0.